The highest BCUT2D eigenvalue weighted by molar-refractivity contribution is 5.85. The number of carbonyl (C=O) groups excluding carboxylic acids is 1. The number of anilines is 1. The first-order valence-corrected chi connectivity index (χ1v) is 7.53. The van der Waals surface area contributed by atoms with Crippen LogP contribution in [-0.4, -0.2) is 17.4 Å². The van der Waals surface area contributed by atoms with Gasteiger partial charge in [0, 0.05) is 12.2 Å². The molecule has 2 aromatic carbocycles. The molecule has 3 nitrogen and oxygen atoms in total. The second-order valence-electron chi connectivity index (χ2n) is 5.72. The van der Waals surface area contributed by atoms with Crippen molar-refractivity contribution in [3.63, 3.8) is 0 Å². The number of rotatable bonds is 3. The number of hydrogen-bond donors (Lipinski definition) is 1. The molecular weight excluding hydrogens is 315 g/mol. The standard InChI is InChI=1S/C18H19FN2O.ClH/c19-15-4-1-3-14(12-15)17-5-2-10-21(17)18(22)11-13-6-8-16(20)9-7-13;/h1,3-4,6-9,12,17H,2,5,10-11,20H2;1H. The number of carbonyl (C=O) groups is 1. The van der Waals surface area contributed by atoms with E-state index in [4.69, 9.17) is 5.73 Å². The molecule has 0 radical (unpaired) electrons. The lowest BCUT2D eigenvalue weighted by Gasteiger charge is -2.25. The maximum atomic E-state index is 13.4. The first kappa shape index (κ1) is 17.3. The van der Waals surface area contributed by atoms with Gasteiger partial charge in [0.05, 0.1) is 12.5 Å². The fourth-order valence-electron chi connectivity index (χ4n) is 3.04. The maximum absolute atomic E-state index is 13.4. The average Bonchev–Trinajstić information content (AvgIpc) is 2.99. The minimum atomic E-state index is -0.254. The van der Waals surface area contributed by atoms with E-state index in [-0.39, 0.29) is 30.2 Å². The number of hydrogen-bond acceptors (Lipinski definition) is 2. The molecule has 1 fully saturated rings. The van der Waals surface area contributed by atoms with Gasteiger partial charge in [0.15, 0.2) is 0 Å². The summed E-state index contributed by atoms with van der Waals surface area (Å²) in [6.07, 6.45) is 2.19. The number of nitrogens with two attached hydrogens (primary N) is 1. The van der Waals surface area contributed by atoms with Crippen LogP contribution in [0, 0.1) is 5.82 Å². The quantitative estimate of drug-likeness (QED) is 0.869. The van der Waals surface area contributed by atoms with E-state index >= 15 is 0 Å². The monoisotopic (exact) mass is 334 g/mol. The van der Waals surface area contributed by atoms with Gasteiger partial charge in [0.2, 0.25) is 5.91 Å². The Morgan fingerprint density at radius 1 is 1.22 bits per heavy atom. The summed E-state index contributed by atoms with van der Waals surface area (Å²) in [5, 5.41) is 0. The highest BCUT2D eigenvalue weighted by atomic mass is 35.5. The van der Waals surface area contributed by atoms with Crippen molar-refractivity contribution in [1.82, 2.24) is 4.90 Å². The molecule has 1 heterocycles. The van der Waals surface area contributed by atoms with Crippen LogP contribution in [0.15, 0.2) is 48.5 Å². The van der Waals surface area contributed by atoms with Crippen molar-refractivity contribution in [3.8, 4) is 0 Å². The second-order valence-corrected chi connectivity index (χ2v) is 5.72. The fourth-order valence-corrected chi connectivity index (χ4v) is 3.04. The number of likely N-dealkylation sites (tertiary alicyclic amines) is 1. The van der Waals surface area contributed by atoms with E-state index < -0.39 is 0 Å². The molecule has 1 unspecified atom stereocenters. The Morgan fingerprint density at radius 3 is 2.65 bits per heavy atom. The average molecular weight is 335 g/mol. The Labute approximate surface area is 141 Å². The summed E-state index contributed by atoms with van der Waals surface area (Å²) < 4.78 is 13.4. The zero-order valence-corrected chi connectivity index (χ0v) is 13.6. The van der Waals surface area contributed by atoms with Crippen LogP contribution in [0.5, 0.6) is 0 Å². The van der Waals surface area contributed by atoms with Crippen molar-refractivity contribution >= 4 is 24.0 Å². The third-order valence-electron chi connectivity index (χ3n) is 4.14. The molecule has 0 bridgehead atoms. The van der Waals surface area contributed by atoms with Crippen LogP contribution in [0.3, 0.4) is 0 Å². The minimum Gasteiger partial charge on any atom is -0.399 e. The van der Waals surface area contributed by atoms with Crippen molar-refractivity contribution in [2.24, 2.45) is 0 Å². The van der Waals surface area contributed by atoms with Gasteiger partial charge in [-0.1, -0.05) is 24.3 Å². The lowest BCUT2D eigenvalue weighted by molar-refractivity contribution is -0.131. The molecular formula is C18H20ClFN2O. The maximum Gasteiger partial charge on any atom is 0.227 e. The van der Waals surface area contributed by atoms with Gasteiger partial charge in [-0.25, -0.2) is 4.39 Å². The van der Waals surface area contributed by atoms with Crippen LogP contribution in [0.2, 0.25) is 0 Å². The Bertz CT molecular complexity index is 675. The van der Waals surface area contributed by atoms with E-state index in [0.29, 0.717) is 12.1 Å². The van der Waals surface area contributed by atoms with Gasteiger partial charge >= 0.3 is 0 Å². The molecule has 1 amide bonds. The van der Waals surface area contributed by atoms with E-state index in [0.717, 1.165) is 30.5 Å². The van der Waals surface area contributed by atoms with E-state index in [9.17, 15) is 9.18 Å². The summed E-state index contributed by atoms with van der Waals surface area (Å²) in [7, 11) is 0. The predicted molar refractivity (Wildman–Crippen MR) is 91.9 cm³/mol. The zero-order chi connectivity index (χ0) is 15.5. The van der Waals surface area contributed by atoms with Crippen LogP contribution in [0.25, 0.3) is 0 Å². The van der Waals surface area contributed by atoms with Crippen molar-refractivity contribution in [1.29, 1.82) is 0 Å². The Morgan fingerprint density at radius 2 is 1.96 bits per heavy atom. The summed E-state index contributed by atoms with van der Waals surface area (Å²) in [6.45, 7) is 0.731. The molecule has 2 aromatic rings. The number of benzene rings is 2. The normalized spacial score (nSPS) is 16.9. The topological polar surface area (TPSA) is 46.3 Å². The smallest absolute Gasteiger partial charge is 0.227 e. The van der Waals surface area contributed by atoms with Gasteiger partial charge in [0.1, 0.15) is 5.82 Å². The van der Waals surface area contributed by atoms with E-state index in [2.05, 4.69) is 0 Å². The molecule has 0 saturated carbocycles. The van der Waals surface area contributed by atoms with Gasteiger partial charge in [-0.15, -0.1) is 12.4 Å². The van der Waals surface area contributed by atoms with Crippen LogP contribution in [0.4, 0.5) is 10.1 Å². The number of amides is 1. The van der Waals surface area contributed by atoms with Crippen molar-refractivity contribution in [2.45, 2.75) is 25.3 Å². The van der Waals surface area contributed by atoms with Crippen molar-refractivity contribution in [3.05, 3.63) is 65.5 Å². The van der Waals surface area contributed by atoms with Crippen LogP contribution in [-0.2, 0) is 11.2 Å². The summed E-state index contributed by atoms with van der Waals surface area (Å²) in [5.41, 5.74) is 8.18. The third-order valence-corrected chi connectivity index (χ3v) is 4.14. The van der Waals surface area contributed by atoms with Gasteiger partial charge in [-0.3, -0.25) is 4.79 Å². The number of halogens is 2. The van der Waals surface area contributed by atoms with Crippen LogP contribution >= 0.6 is 12.4 Å². The largest absolute Gasteiger partial charge is 0.399 e. The molecule has 2 N–H and O–H groups in total. The van der Waals surface area contributed by atoms with Crippen molar-refractivity contribution < 1.29 is 9.18 Å². The number of nitrogen functional groups attached to an aromatic ring is 1. The predicted octanol–water partition coefficient (Wildman–Crippen LogP) is 3.74. The first-order valence-electron chi connectivity index (χ1n) is 7.53. The van der Waals surface area contributed by atoms with Gasteiger partial charge in [0.25, 0.3) is 0 Å². The molecule has 3 rings (SSSR count). The van der Waals surface area contributed by atoms with Crippen molar-refractivity contribution in [2.75, 3.05) is 12.3 Å². The molecule has 0 spiro atoms. The molecule has 1 aliphatic heterocycles. The summed E-state index contributed by atoms with van der Waals surface area (Å²) >= 11 is 0. The molecule has 1 aliphatic rings. The van der Waals surface area contributed by atoms with E-state index in [1.165, 1.54) is 12.1 Å². The Balaban J connectivity index is 0.00000192. The van der Waals surface area contributed by atoms with Crippen LogP contribution < -0.4 is 5.73 Å². The van der Waals surface area contributed by atoms with Gasteiger partial charge in [-0.05, 0) is 48.2 Å². The Kier molecular flexibility index (Phi) is 5.61. The molecule has 5 heteroatoms. The molecule has 1 saturated heterocycles. The zero-order valence-electron chi connectivity index (χ0n) is 12.7. The summed E-state index contributed by atoms with van der Waals surface area (Å²) in [6, 6.07) is 13.9. The lowest BCUT2D eigenvalue weighted by Crippen LogP contribution is -2.31. The van der Waals surface area contributed by atoms with E-state index in [1.54, 1.807) is 18.2 Å². The molecule has 1 atom stereocenters. The second kappa shape index (κ2) is 7.47. The Hall–Kier alpha value is -2.07. The molecule has 23 heavy (non-hydrogen) atoms. The fraction of sp³-hybridized carbons (Fsp3) is 0.278. The highest BCUT2D eigenvalue weighted by Gasteiger charge is 2.29. The lowest BCUT2D eigenvalue weighted by atomic mass is 10.0. The van der Waals surface area contributed by atoms with Gasteiger partial charge < -0.3 is 10.6 Å². The van der Waals surface area contributed by atoms with Gasteiger partial charge in [-0.2, -0.15) is 0 Å². The molecule has 122 valence electrons. The summed E-state index contributed by atoms with van der Waals surface area (Å²) in [4.78, 5) is 14.4. The van der Waals surface area contributed by atoms with Crippen LogP contribution in [0.1, 0.15) is 30.0 Å². The minimum absolute atomic E-state index is 0. The third kappa shape index (κ3) is 4.02. The summed E-state index contributed by atoms with van der Waals surface area (Å²) in [5.74, 6) is -0.174. The highest BCUT2D eigenvalue weighted by Crippen LogP contribution is 2.32. The first-order chi connectivity index (χ1) is 10.6. The SMILES string of the molecule is Cl.Nc1ccc(CC(=O)N2CCCC2c2cccc(F)c2)cc1. The molecule has 0 aliphatic carbocycles. The number of nitrogens with zero attached hydrogens (tertiary/aromatic N) is 1. The molecule has 0 aromatic heterocycles. The van der Waals surface area contributed by atoms with E-state index in [1.807, 2.05) is 23.1 Å².